The highest BCUT2D eigenvalue weighted by Gasteiger charge is 2.59. The molecule has 1 aromatic rings. The van der Waals surface area contributed by atoms with Gasteiger partial charge in [-0.2, -0.15) is 4.91 Å². The molecule has 5 heteroatoms. The van der Waals surface area contributed by atoms with Crippen molar-refractivity contribution in [3.63, 3.8) is 0 Å². The highest BCUT2D eigenvalue weighted by molar-refractivity contribution is 5.91. The number of aliphatic hydroxyl groups is 1. The van der Waals surface area contributed by atoms with E-state index in [0.717, 1.165) is 48.4 Å². The Morgan fingerprint density at radius 1 is 1.11 bits per heavy atom. The number of allylic oxidation sites excluding steroid dienone is 1. The van der Waals surface area contributed by atoms with E-state index in [-0.39, 0.29) is 5.76 Å². The minimum absolute atomic E-state index is 0.0556. The summed E-state index contributed by atoms with van der Waals surface area (Å²) in [4.78, 5) is 30.5. The molecule has 3 fully saturated rings. The first-order chi connectivity index (χ1) is 17.6. The lowest BCUT2D eigenvalue weighted by molar-refractivity contribution is -0.119. The largest absolute Gasteiger partial charge is 0.508 e. The van der Waals surface area contributed by atoms with Gasteiger partial charge in [0.2, 0.25) is 0 Å². The molecule has 0 heterocycles. The maximum Gasteiger partial charge on any atom is 0.155 e. The van der Waals surface area contributed by atoms with Crippen LogP contribution in [0.1, 0.15) is 90.2 Å². The molecule has 6 unspecified atom stereocenters. The van der Waals surface area contributed by atoms with E-state index < -0.39 is 0 Å². The molecule has 0 amide bonds. The SMILES string of the molecule is C=C(O)c1ccc(CCN=O)cc1.CC1CCC2C1CCC1C3(C)CCC(=O)C=C3CCC21C.CC=O. The van der Waals surface area contributed by atoms with E-state index in [0.29, 0.717) is 35.1 Å². The number of benzene rings is 1. The van der Waals surface area contributed by atoms with E-state index in [1.54, 1.807) is 12.1 Å². The van der Waals surface area contributed by atoms with E-state index in [1.165, 1.54) is 51.0 Å². The summed E-state index contributed by atoms with van der Waals surface area (Å²) in [5.74, 6) is 4.16. The van der Waals surface area contributed by atoms with Crippen molar-refractivity contribution in [1.82, 2.24) is 0 Å². The smallest absolute Gasteiger partial charge is 0.155 e. The molecule has 0 aliphatic heterocycles. The number of fused-ring (bicyclic) bond motifs is 5. The molecule has 4 aliphatic rings. The molecule has 0 saturated heterocycles. The summed E-state index contributed by atoms with van der Waals surface area (Å²) in [6.07, 6.45) is 13.6. The van der Waals surface area contributed by atoms with Gasteiger partial charge in [0, 0.05) is 12.0 Å². The van der Waals surface area contributed by atoms with Crippen molar-refractivity contribution in [3.05, 3.63) is 58.5 Å². The molecule has 6 atom stereocenters. The molecule has 37 heavy (non-hydrogen) atoms. The Morgan fingerprint density at radius 3 is 2.41 bits per heavy atom. The van der Waals surface area contributed by atoms with Crippen molar-refractivity contribution in [2.75, 3.05) is 6.54 Å². The number of carbonyl (C=O) groups excluding carboxylic acids is 2. The molecule has 4 aliphatic carbocycles. The van der Waals surface area contributed by atoms with Gasteiger partial charge in [-0.25, -0.2) is 0 Å². The fourth-order valence-electron chi connectivity index (χ4n) is 8.10. The third kappa shape index (κ3) is 6.13. The number of rotatable bonds is 4. The van der Waals surface area contributed by atoms with Gasteiger partial charge < -0.3 is 9.90 Å². The van der Waals surface area contributed by atoms with Crippen LogP contribution in [0.5, 0.6) is 0 Å². The van der Waals surface area contributed by atoms with Crippen molar-refractivity contribution in [2.45, 2.75) is 85.5 Å². The Bertz CT molecular complexity index is 1010. The highest BCUT2D eigenvalue weighted by atomic mass is 16.3. The molecule has 0 spiro atoms. The van der Waals surface area contributed by atoms with Gasteiger partial charge in [-0.3, -0.25) is 4.79 Å². The third-order valence-corrected chi connectivity index (χ3v) is 10.1. The maximum absolute atomic E-state index is 11.8. The average molecular weight is 508 g/mol. The van der Waals surface area contributed by atoms with Crippen molar-refractivity contribution in [3.8, 4) is 0 Å². The fourth-order valence-corrected chi connectivity index (χ4v) is 8.10. The second-order valence-corrected chi connectivity index (χ2v) is 12.0. The molecular weight excluding hydrogens is 462 g/mol. The predicted molar refractivity (Wildman–Crippen MR) is 150 cm³/mol. The van der Waals surface area contributed by atoms with Crippen LogP contribution in [0.4, 0.5) is 0 Å². The number of nitroso groups, excluding NO2 is 1. The first-order valence-corrected chi connectivity index (χ1v) is 14.0. The summed E-state index contributed by atoms with van der Waals surface area (Å²) in [5, 5.41) is 11.8. The van der Waals surface area contributed by atoms with Crippen LogP contribution in [0, 0.1) is 39.4 Å². The van der Waals surface area contributed by atoms with Gasteiger partial charge in [0.05, 0.1) is 6.54 Å². The molecule has 202 valence electrons. The monoisotopic (exact) mass is 507 g/mol. The predicted octanol–water partition coefficient (Wildman–Crippen LogP) is 7.88. The molecular formula is C32H45NO4. The number of hydrogen-bond donors (Lipinski definition) is 1. The maximum atomic E-state index is 11.8. The lowest BCUT2D eigenvalue weighted by atomic mass is 9.43. The summed E-state index contributed by atoms with van der Waals surface area (Å²) in [7, 11) is 0. The molecule has 5 rings (SSSR count). The quantitative estimate of drug-likeness (QED) is 0.255. The van der Waals surface area contributed by atoms with Gasteiger partial charge >= 0.3 is 0 Å². The fraction of sp³-hybridized carbons (Fsp3) is 0.625. The number of aldehydes is 1. The minimum atomic E-state index is 0.0556. The summed E-state index contributed by atoms with van der Waals surface area (Å²) in [6.45, 7) is 12.7. The first-order valence-electron chi connectivity index (χ1n) is 14.0. The zero-order chi connectivity index (χ0) is 27.2. The van der Waals surface area contributed by atoms with Gasteiger partial charge in [0.25, 0.3) is 0 Å². The normalized spacial score (nSPS) is 33.6. The van der Waals surface area contributed by atoms with Gasteiger partial charge in [-0.1, -0.05) is 68.8 Å². The van der Waals surface area contributed by atoms with E-state index in [4.69, 9.17) is 9.90 Å². The highest BCUT2D eigenvalue weighted by Crippen LogP contribution is 2.67. The second-order valence-electron chi connectivity index (χ2n) is 12.0. The summed E-state index contributed by atoms with van der Waals surface area (Å²) in [6, 6.07) is 7.23. The Morgan fingerprint density at radius 2 is 1.78 bits per heavy atom. The lowest BCUT2D eigenvalue weighted by Crippen LogP contribution is -2.53. The molecule has 3 saturated carbocycles. The molecule has 0 bridgehead atoms. The van der Waals surface area contributed by atoms with Crippen LogP contribution >= 0.6 is 0 Å². The van der Waals surface area contributed by atoms with Crippen molar-refractivity contribution in [2.24, 2.45) is 39.7 Å². The Kier molecular flexibility index (Phi) is 9.66. The Balaban J connectivity index is 0.000000205. The molecule has 1 aromatic carbocycles. The Labute approximate surface area is 222 Å². The van der Waals surface area contributed by atoms with Gasteiger partial charge in [-0.15, -0.1) is 0 Å². The van der Waals surface area contributed by atoms with Crippen molar-refractivity contribution >= 4 is 17.8 Å². The van der Waals surface area contributed by atoms with Crippen LogP contribution in [0.2, 0.25) is 0 Å². The number of aliphatic hydroxyl groups excluding tert-OH is 1. The second kappa shape index (κ2) is 12.3. The van der Waals surface area contributed by atoms with Crippen LogP contribution in [-0.4, -0.2) is 23.7 Å². The summed E-state index contributed by atoms with van der Waals surface area (Å²) in [5.41, 5.74) is 4.11. The molecule has 0 aromatic heterocycles. The summed E-state index contributed by atoms with van der Waals surface area (Å²) >= 11 is 0. The third-order valence-electron chi connectivity index (χ3n) is 10.1. The average Bonchev–Trinajstić information content (AvgIpc) is 3.26. The minimum Gasteiger partial charge on any atom is -0.508 e. The van der Waals surface area contributed by atoms with Crippen LogP contribution in [0.25, 0.3) is 5.76 Å². The van der Waals surface area contributed by atoms with Crippen LogP contribution in [0.3, 0.4) is 0 Å². The number of hydrogen-bond acceptors (Lipinski definition) is 5. The first kappa shape index (κ1) is 29.0. The summed E-state index contributed by atoms with van der Waals surface area (Å²) < 4.78 is 0. The lowest BCUT2D eigenvalue weighted by Gasteiger charge is -2.61. The molecule has 1 N–H and O–H groups in total. The van der Waals surface area contributed by atoms with Crippen LogP contribution in [-0.2, 0) is 16.0 Å². The van der Waals surface area contributed by atoms with Gasteiger partial charge in [0.15, 0.2) is 5.78 Å². The topological polar surface area (TPSA) is 83.8 Å². The van der Waals surface area contributed by atoms with Crippen LogP contribution < -0.4 is 0 Å². The van der Waals surface area contributed by atoms with Crippen molar-refractivity contribution < 1.29 is 14.7 Å². The van der Waals surface area contributed by atoms with Crippen molar-refractivity contribution in [1.29, 1.82) is 0 Å². The molecule has 0 radical (unpaired) electrons. The van der Waals surface area contributed by atoms with Gasteiger partial charge in [0.1, 0.15) is 12.0 Å². The Hall–Kier alpha value is -2.56. The van der Waals surface area contributed by atoms with E-state index in [2.05, 4.69) is 32.5 Å². The standard InChI is InChI=1S/C20H30O.C10H11NO2.C2H4O/c1-13-4-6-17-16(13)5-7-18-19(2)11-9-15(21)12-14(19)8-10-20(17,18)3;1-8(12)10-4-2-9(3-5-10)6-7-11-13;1-2-3/h12-13,16-18H,4-11H2,1-3H3;2-5,12H,1,6-7H2;2H,1H3. The molecule has 5 nitrogen and oxygen atoms in total. The zero-order valence-corrected chi connectivity index (χ0v) is 23.2. The zero-order valence-electron chi connectivity index (χ0n) is 23.2. The number of ketones is 1. The van der Waals surface area contributed by atoms with E-state index in [1.807, 2.05) is 18.2 Å². The van der Waals surface area contributed by atoms with E-state index in [9.17, 15) is 9.70 Å². The van der Waals surface area contributed by atoms with Crippen LogP contribution in [0.15, 0.2) is 47.7 Å². The van der Waals surface area contributed by atoms with E-state index >= 15 is 0 Å². The number of nitrogens with zero attached hydrogens (tertiary/aromatic N) is 1. The van der Waals surface area contributed by atoms with Gasteiger partial charge in [-0.05, 0) is 98.0 Å². The number of carbonyl (C=O) groups is 2.